The van der Waals surface area contributed by atoms with Gasteiger partial charge in [-0.15, -0.1) is 0 Å². The second kappa shape index (κ2) is 6.27. The topological polar surface area (TPSA) is 76.4 Å². The van der Waals surface area contributed by atoms with Crippen molar-refractivity contribution in [2.45, 2.75) is 37.4 Å². The molecular formula is C16H15Cl2N3O3. The highest BCUT2D eigenvalue weighted by molar-refractivity contribution is 6.34. The van der Waals surface area contributed by atoms with Crippen molar-refractivity contribution in [3.8, 4) is 11.7 Å². The summed E-state index contributed by atoms with van der Waals surface area (Å²) in [6.45, 7) is 0. The van der Waals surface area contributed by atoms with E-state index in [0.29, 0.717) is 27.9 Å². The van der Waals surface area contributed by atoms with Gasteiger partial charge in [0.1, 0.15) is 11.9 Å². The van der Waals surface area contributed by atoms with Crippen LogP contribution >= 0.6 is 23.2 Å². The number of fused-ring (bicyclic) bond motifs is 2. The SMILES string of the molecule is O=C(N[C@@H]1C[C@H]2CC[C@@H]1N2)c1ncc(Oc2cc(Cl)cc(Cl)c2)o1. The van der Waals surface area contributed by atoms with E-state index in [1.165, 1.54) is 12.6 Å². The molecule has 0 radical (unpaired) electrons. The van der Waals surface area contributed by atoms with E-state index in [1.54, 1.807) is 18.2 Å². The van der Waals surface area contributed by atoms with Crippen molar-refractivity contribution in [1.29, 1.82) is 0 Å². The van der Waals surface area contributed by atoms with Crippen molar-refractivity contribution in [3.63, 3.8) is 0 Å². The molecule has 2 fully saturated rings. The van der Waals surface area contributed by atoms with Gasteiger partial charge in [0, 0.05) is 28.2 Å². The third-order valence-electron chi connectivity index (χ3n) is 4.35. The van der Waals surface area contributed by atoms with Crippen LogP contribution in [-0.4, -0.2) is 29.0 Å². The first-order valence-electron chi connectivity index (χ1n) is 7.73. The minimum atomic E-state index is -0.340. The van der Waals surface area contributed by atoms with E-state index in [9.17, 15) is 4.79 Å². The molecule has 2 aromatic rings. The van der Waals surface area contributed by atoms with Gasteiger partial charge in [0.15, 0.2) is 0 Å². The molecule has 1 amide bonds. The number of benzene rings is 1. The number of oxazole rings is 1. The average Bonchev–Trinajstić information content (AvgIpc) is 3.22. The summed E-state index contributed by atoms with van der Waals surface area (Å²) >= 11 is 11.8. The molecule has 0 spiro atoms. The Morgan fingerprint density at radius 3 is 2.75 bits per heavy atom. The van der Waals surface area contributed by atoms with Crippen LogP contribution in [0.5, 0.6) is 11.7 Å². The number of hydrogen-bond acceptors (Lipinski definition) is 5. The lowest BCUT2D eigenvalue weighted by Gasteiger charge is -2.20. The van der Waals surface area contributed by atoms with Crippen LogP contribution in [0.1, 0.15) is 29.9 Å². The van der Waals surface area contributed by atoms with Crippen LogP contribution in [0, 0.1) is 0 Å². The Bertz CT molecular complexity index is 759. The standard InChI is InChI=1S/C16H15Cl2N3O3/c17-8-3-9(18)5-11(4-8)23-14-7-19-16(24-14)15(22)21-13-6-10-1-2-12(13)20-10/h3-5,7,10,12-13,20H,1-2,6H2,(H,21,22)/t10-,12+,13-/m1/s1. The molecule has 0 saturated carbocycles. The number of ether oxygens (including phenoxy) is 1. The molecule has 2 N–H and O–H groups in total. The van der Waals surface area contributed by atoms with Crippen LogP contribution < -0.4 is 15.4 Å². The van der Waals surface area contributed by atoms with Crippen LogP contribution in [0.15, 0.2) is 28.8 Å². The number of carbonyl (C=O) groups excluding carboxylic acids is 1. The molecule has 8 heteroatoms. The Labute approximate surface area is 148 Å². The molecule has 6 nitrogen and oxygen atoms in total. The van der Waals surface area contributed by atoms with Crippen molar-refractivity contribution in [3.05, 3.63) is 40.3 Å². The predicted molar refractivity (Wildman–Crippen MR) is 88.9 cm³/mol. The molecule has 24 heavy (non-hydrogen) atoms. The Hall–Kier alpha value is -1.76. The van der Waals surface area contributed by atoms with Gasteiger partial charge in [-0.2, -0.15) is 0 Å². The second-order valence-electron chi connectivity index (χ2n) is 6.05. The minimum absolute atomic E-state index is 0.0269. The van der Waals surface area contributed by atoms with Crippen molar-refractivity contribution >= 4 is 29.1 Å². The Morgan fingerprint density at radius 2 is 2.08 bits per heavy atom. The number of halogens is 2. The van der Waals surface area contributed by atoms with Gasteiger partial charge in [0.25, 0.3) is 5.89 Å². The molecule has 2 saturated heterocycles. The summed E-state index contributed by atoms with van der Waals surface area (Å²) in [7, 11) is 0. The molecule has 2 aliphatic heterocycles. The molecule has 0 aliphatic carbocycles. The zero-order valence-electron chi connectivity index (χ0n) is 12.6. The summed E-state index contributed by atoms with van der Waals surface area (Å²) < 4.78 is 10.9. The number of nitrogens with zero attached hydrogens (tertiary/aromatic N) is 1. The summed E-state index contributed by atoms with van der Waals surface area (Å²) in [6, 6.07) is 5.76. The van der Waals surface area contributed by atoms with Crippen molar-refractivity contribution < 1.29 is 13.9 Å². The highest BCUT2D eigenvalue weighted by Crippen LogP contribution is 2.30. The van der Waals surface area contributed by atoms with Crippen LogP contribution in [0.3, 0.4) is 0 Å². The third kappa shape index (κ3) is 3.22. The summed E-state index contributed by atoms with van der Waals surface area (Å²) in [4.78, 5) is 16.2. The monoisotopic (exact) mass is 367 g/mol. The summed E-state index contributed by atoms with van der Waals surface area (Å²) in [5.41, 5.74) is 0. The maximum absolute atomic E-state index is 12.3. The Morgan fingerprint density at radius 1 is 1.29 bits per heavy atom. The summed E-state index contributed by atoms with van der Waals surface area (Å²) in [6.07, 6.45) is 4.56. The van der Waals surface area contributed by atoms with E-state index in [1.807, 2.05) is 0 Å². The van der Waals surface area contributed by atoms with Gasteiger partial charge < -0.3 is 19.8 Å². The van der Waals surface area contributed by atoms with Crippen molar-refractivity contribution in [2.75, 3.05) is 0 Å². The molecule has 3 atom stereocenters. The van der Waals surface area contributed by atoms with Crippen LogP contribution in [-0.2, 0) is 0 Å². The number of nitrogens with one attached hydrogen (secondary N) is 2. The average molecular weight is 368 g/mol. The number of rotatable bonds is 4. The molecule has 126 valence electrons. The molecule has 2 aliphatic rings. The molecule has 2 bridgehead atoms. The van der Waals surface area contributed by atoms with Gasteiger partial charge in [-0.05, 0) is 37.5 Å². The predicted octanol–water partition coefficient (Wildman–Crippen LogP) is 3.40. The lowest BCUT2D eigenvalue weighted by Crippen LogP contribution is -2.43. The minimum Gasteiger partial charge on any atom is -0.425 e. The zero-order chi connectivity index (χ0) is 16.7. The number of hydrogen-bond donors (Lipinski definition) is 2. The van der Waals surface area contributed by atoms with Crippen molar-refractivity contribution in [1.82, 2.24) is 15.6 Å². The molecule has 0 unspecified atom stereocenters. The second-order valence-corrected chi connectivity index (χ2v) is 6.93. The first kappa shape index (κ1) is 15.7. The number of carbonyl (C=O) groups is 1. The van der Waals surface area contributed by atoms with Crippen LogP contribution in [0.2, 0.25) is 10.0 Å². The fraction of sp³-hybridized carbons (Fsp3) is 0.375. The normalized spacial score (nSPS) is 25.0. The van der Waals surface area contributed by atoms with E-state index in [0.717, 1.165) is 12.8 Å². The van der Waals surface area contributed by atoms with Gasteiger partial charge in [-0.1, -0.05) is 23.2 Å². The molecular weight excluding hydrogens is 353 g/mol. The molecule has 1 aromatic carbocycles. The quantitative estimate of drug-likeness (QED) is 0.865. The zero-order valence-corrected chi connectivity index (χ0v) is 14.1. The van der Waals surface area contributed by atoms with Gasteiger partial charge in [0.05, 0.1) is 0 Å². The van der Waals surface area contributed by atoms with E-state index < -0.39 is 0 Å². The number of amides is 1. The fourth-order valence-electron chi connectivity index (χ4n) is 3.33. The first-order valence-corrected chi connectivity index (χ1v) is 8.49. The van der Waals surface area contributed by atoms with Crippen LogP contribution in [0.4, 0.5) is 0 Å². The van der Waals surface area contributed by atoms with Crippen LogP contribution in [0.25, 0.3) is 0 Å². The third-order valence-corrected chi connectivity index (χ3v) is 4.79. The molecule has 4 rings (SSSR count). The van der Waals surface area contributed by atoms with Gasteiger partial charge in [0.2, 0.25) is 0 Å². The van der Waals surface area contributed by atoms with Gasteiger partial charge >= 0.3 is 11.9 Å². The van der Waals surface area contributed by atoms with Gasteiger partial charge in [-0.3, -0.25) is 4.79 Å². The van der Waals surface area contributed by atoms with E-state index in [4.69, 9.17) is 32.4 Å². The van der Waals surface area contributed by atoms with Gasteiger partial charge in [-0.25, -0.2) is 4.98 Å². The lowest BCUT2D eigenvalue weighted by atomic mass is 9.95. The summed E-state index contributed by atoms with van der Waals surface area (Å²) in [5, 5.41) is 7.32. The Kier molecular flexibility index (Phi) is 4.12. The fourth-order valence-corrected chi connectivity index (χ4v) is 3.83. The summed E-state index contributed by atoms with van der Waals surface area (Å²) in [5.74, 6) is 0.145. The highest BCUT2D eigenvalue weighted by Gasteiger charge is 2.40. The highest BCUT2D eigenvalue weighted by atomic mass is 35.5. The lowest BCUT2D eigenvalue weighted by molar-refractivity contribution is 0.0891. The number of aromatic nitrogens is 1. The van der Waals surface area contributed by atoms with Crippen molar-refractivity contribution in [2.24, 2.45) is 0 Å². The molecule has 1 aromatic heterocycles. The largest absolute Gasteiger partial charge is 0.425 e. The molecule has 3 heterocycles. The van der Waals surface area contributed by atoms with E-state index in [2.05, 4.69) is 15.6 Å². The smallest absolute Gasteiger partial charge is 0.311 e. The maximum Gasteiger partial charge on any atom is 0.311 e. The maximum atomic E-state index is 12.3. The first-order chi connectivity index (χ1) is 11.6. The van der Waals surface area contributed by atoms with E-state index in [-0.39, 0.29) is 23.8 Å². The Balaban J connectivity index is 1.41. The van der Waals surface area contributed by atoms with E-state index >= 15 is 0 Å².